The van der Waals surface area contributed by atoms with Crippen molar-refractivity contribution in [3.8, 4) is 0 Å². The van der Waals surface area contributed by atoms with Gasteiger partial charge in [-0.3, -0.25) is 0 Å². The average Bonchev–Trinajstić information content (AvgIpc) is 2.31. The van der Waals surface area contributed by atoms with Gasteiger partial charge < -0.3 is 4.74 Å². The molecule has 0 atom stereocenters. The molecule has 1 fully saturated rings. The van der Waals surface area contributed by atoms with Crippen LogP contribution in [0.5, 0.6) is 0 Å². The second kappa shape index (κ2) is 5.26. The predicted octanol–water partition coefficient (Wildman–Crippen LogP) is 2.59. The highest BCUT2D eigenvalue weighted by Crippen LogP contribution is 2.44. The normalized spacial score (nSPS) is 17.0. The Morgan fingerprint density at radius 1 is 1.47 bits per heavy atom. The first-order valence-electron chi connectivity index (χ1n) is 5.98. The second-order valence-electron chi connectivity index (χ2n) is 4.53. The van der Waals surface area contributed by atoms with E-state index < -0.39 is 0 Å². The fraction of sp³-hybridized carbons (Fsp3) is 0.500. The molecule has 1 saturated carbocycles. The van der Waals surface area contributed by atoms with Gasteiger partial charge in [0.25, 0.3) is 0 Å². The molecule has 1 aliphatic rings. The summed E-state index contributed by atoms with van der Waals surface area (Å²) in [5, 5.41) is 0. The zero-order valence-electron chi connectivity index (χ0n) is 10.1. The Morgan fingerprint density at radius 2 is 2.29 bits per heavy atom. The summed E-state index contributed by atoms with van der Waals surface area (Å²) < 4.78 is 5.07. The first kappa shape index (κ1) is 12.0. The quantitative estimate of drug-likeness (QED) is 0.577. The first-order valence-corrected chi connectivity index (χ1v) is 5.98. The van der Waals surface area contributed by atoms with E-state index in [1.54, 1.807) is 13.2 Å². The van der Waals surface area contributed by atoms with Gasteiger partial charge in [0.1, 0.15) is 0 Å². The lowest BCUT2D eigenvalue weighted by Crippen LogP contribution is -2.31. The number of isocyanates is 1. The van der Waals surface area contributed by atoms with E-state index in [1.807, 2.05) is 6.07 Å². The minimum atomic E-state index is -0.287. The highest BCUT2D eigenvalue weighted by Gasteiger charge is 2.38. The molecule has 0 aliphatic heterocycles. The number of methoxy groups -OCH3 is 1. The molecule has 90 valence electrons. The molecular formula is C14H17NO2. The molecule has 17 heavy (non-hydrogen) atoms. The summed E-state index contributed by atoms with van der Waals surface area (Å²) in [5.74, 6) is 0. The van der Waals surface area contributed by atoms with Crippen LogP contribution in [-0.4, -0.2) is 19.8 Å². The van der Waals surface area contributed by atoms with Crippen LogP contribution in [0.1, 0.15) is 30.4 Å². The maximum atomic E-state index is 10.5. The van der Waals surface area contributed by atoms with Crippen molar-refractivity contribution in [2.24, 2.45) is 4.99 Å². The van der Waals surface area contributed by atoms with E-state index in [0.717, 1.165) is 31.2 Å². The van der Waals surface area contributed by atoms with Gasteiger partial charge in [0.05, 0.1) is 12.1 Å². The van der Waals surface area contributed by atoms with Crippen molar-refractivity contribution >= 4 is 6.08 Å². The van der Waals surface area contributed by atoms with E-state index in [-0.39, 0.29) is 5.54 Å². The third-order valence-electron chi connectivity index (χ3n) is 3.50. The van der Waals surface area contributed by atoms with Crippen molar-refractivity contribution in [2.45, 2.75) is 31.2 Å². The smallest absolute Gasteiger partial charge is 0.235 e. The predicted molar refractivity (Wildman–Crippen MR) is 65.7 cm³/mol. The van der Waals surface area contributed by atoms with E-state index in [9.17, 15) is 4.79 Å². The molecule has 0 heterocycles. The lowest BCUT2D eigenvalue weighted by molar-refractivity contribution is 0.202. The first-order chi connectivity index (χ1) is 8.30. The molecule has 0 saturated heterocycles. The molecule has 0 unspecified atom stereocenters. The Bertz CT molecular complexity index is 432. The molecule has 0 aromatic heterocycles. The molecule has 0 bridgehead atoms. The molecule has 0 amide bonds. The van der Waals surface area contributed by atoms with E-state index >= 15 is 0 Å². The molecule has 1 aromatic carbocycles. The maximum Gasteiger partial charge on any atom is 0.235 e. The van der Waals surface area contributed by atoms with Crippen molar-refractivity contribution in [1.82, 2.24) is 0 Å². The number of aliphatic imine (C=N–C) groups is 1. The van der Waals surface area contributed by atoms with Gasteiger partial charge in [-0.2, -0.15) is 4.99 Å². The molecule has 0 N–H and O–H groups in total. The van der Waals surface area contributed by atoms with Gasteiger partial charge in [-0.25, -0.2) is 4.79 Å². The van der Waals surface area contributed by atoms with Crippen LogP contribution in [0.3, 0.4) is 0 Å². The molecule has 1 aromatic rings. The number of carbonyl (C=O) groups excluding carboxylic acids is 1. The lowest BCUT2D eigenvalue weighted by atomic mass is 9.72. The van der Waals surface area contributed by atoms with Gasteiger partial charge in [-0.1, -0.05) is 24.3 Å². The maximum absolute atomic E-state index is 10.5. The molecule has 3 heteroatoms. The Labute approximate surface area is 102 Å². The zero-order valence-corrected chi connectivity index (χ0v) is 10.1. The van der Waals surface area contributed by atoms with Crippen LogP contribution in [0.2, 0.25) is 0 Å². The van der Waals surface area contributed by atoms with Crippen molar-refractivity contribution in [3.63, 3.8) is 0 Å². The zero-order chi connectivity index (χ0) is 12.1. The van der Waals surface area contributed by atoms with Gasteiger partial charge in [-0.15, -0.1) is 0 Å². The summed E-state index contributed by atoms with van der Waals surface area (Å²) in [6.07, 6.45) is 5.66. The monoisotopic (exact) mass is 231 g/mol. The fourth-order valence-electron chi connectivity index (χ4n) is 2.30. The average molecular weight is 231 g/mol. The summed E-state index contributed by atoms with van der Waals surface area (Å²) in [7, 11) is 1.70. The Balaban J connectivity index is 2.22. The number of hydrogen-bond acceptors (Lipinski definition) is 3. The lowest BCUT2D eigenvalue weighted by Gasteiger charge is -2.37. The van der Waals surface area contributed by atoms with Crippen molar-refractivity contribution in [1.29, 1.82) is 0 Å². The standard InChI is InChI=1S/C14H17NO2/c1-17-9-6-12-4-2-5-13(10-12)14(15-11-16)7-3-8-14/h2,4-5,10H,3,6-9H2,1H3. The topological polar surface area (TPSA) is 38.7 Å². The van der Waals surface area contributed by atoms with Crippen molar-refractivity contribution in [3.05, 3.63) is 35.4 Å². The van der Waals surface area contributed by atoms with Crippen LogP contribution >= 0.6 is 0 Å². The summed E-state index contributed by atoms with van der Waals surface area (Å²) >= 11 is 0. The minimum Gasteiger partial charge on any atom is -0.384 e. The molecule has 1 aliphatic carbocycles. The van der Waals surface area contributed by atoms with Crippen LogP contribution in [0.25, 0.3) is 0 Å². The minimum absolute atomic E-state index is 0.287. The van der Waals surface area contributed by atoms with Crippen molar-refractivity contribution < 1.29 is 9.53 Å². The van der Waals surface area contributed by atoms with Gasteiger partial charge >= 0.3 is 0 Å². The summed E-state index contributed by atoms with van der Waals surface area (Å²) in [5.41, 5.74) is 2.09. The van der Waals surface area contributed by atoms with Crippen LogP contribution < -0.4 is 0 Å². The van der Waals surface area contributed by atoms with Gasteiger partial charge in [0, 0.05) is 7.11 Å². The second-order valence-corrected chi connectivity index (χ2v) is 4.53. The van der Waals surface area contributed by atoms with Crippen molar-refractivity contribution in [2.75, 3.05) is 13.7 Å². The Morgan fingerprint density at radius 3 is 2.88 bits per heavy atom. The Hall–Kier alpha value is -1.44. The molecule has 3 nitrogen and oxygen atoms in total. The number of hydrogen-bond donors (Lipinski definition) is 0. The van der Waals surface area contributed by atoms with Crippen LogP contribution in [0.4, 0.5) is 0 Å². The number of nitrogens with zero attached hydrogens (tertiary/aromatic N) is 1. The molecule has 2 rings (SSSR count). The van der Waals surface area contributed by atoms with Crippen LogP contribution in [0.15, 0.2) is 29.3 Å². The number of rotatable bonds is 5. The number of benzene rings is 1. The van der Waals surface area contributed by atoms with Gasteiger partial charge in [0.15, 0.2) is 0 Å². The molecule has 0 radical (unpaired) electrons. The van der Waals surface area contributed by atoms with Crippen LogP contribution in [0, 0.1) is 0 Å². The third kappa shape index (κ3) is 2.46. The Kier molecular flexibility index (Phi) is 3.72. The summed E-state index contributed by atoms with van der Waals surface area (Å²) in [6, 6.07) is 8.30. The van der Waals surface area contributed by atoms with E-state index in [2.05, 4.69) is 23.2 Å². The largest absolute Gasteiger partial charge is 0.384 e. The summed E-state index contributed by atoms with van der Waals surface area (Å²) in [4.78, 5) is 14.5. The van der Waals surface area contributed by atoms with E-state index in [0.29, 0.717) is 6.61 Å². The van der Waals surface area contributed by atoms with Gasteiger partial charge in [0.2, 0.25) is 6.08 Å². The van der Waals surface area contributed by atoms with Gasteiger partial charge in [-0.05, 0) is 36.8 Å². The number of ether oxygens (including phenoxy) is 1. The fourth-order valence-corrected chi connectivity index (χ4v) is 2.30. The third-order valence-corrected chi connectivity index (χ3v) is 3.50. The SMILES string of the molecule is COCCc1cccc(C2(N=C=O)CCC2)c1. The summed E-state index contributed by atoms with van der Waals surface area (Å²) in [6.45, 7) is 0.716. The molecular weight excluding hydrogens is 214 g/mol. The highest BCUT2D eigenvalue weighted by atomic mass is 16.5. The van der Waals surface area contributed by atoms with Crippen LogP contribution in [-0.2, 0) is 21.5 Å². The highest BCUT2D eigenvalue weighted by molar-refractivity contribution is 5.40. The van der Waals surface area contributed by atoms with E-state index in [4.69, 9.17) is 4.74 Å². The molecule has 0 spiro atoms. The van der Waals surface area contributed by atoms with E-state index in [1.165, 1.54) is 5.56 Å².